The van der Waals surface area contributed by atoms with E-state index in [0.29, 0.717) is 11.6 Å². The minimum atomic E-state index is -0.184. The first kappa shape index (κ1) is 12.4. The van der Waals surface area contributed by atoms with Gasteiger partial charge in [0.25, 0.3) is 5.56 Å². The van der Waals surface area contributed by atoms with Crippen LogP contribution in [-0.2, 0) is 6.54 Å². The topological polar surface area (TPSA) is 38.1 Å². The second-order valence-corrected chi connectivity index (χ2v) is 4.74. The molecule has 2 rings (SSSR count). The van der Waals surface area contributed by atoms with E-state index in [1.807, 2.05) is 6.92 Å². The predicted molar refractivity (Wildman–Crippen MR) is 69.9 cm³/mol. The van der Waals surface area contributed by atoms with Crippen molar-refractivity contribution in [2.75, 3.05) is 18.0 Å². The summed E-state index contributed by atoms with van der Waals surface area (Å²) in [4.78, 5) is 14.1. The molecule has 0 N–H and O–H groups in total. The van der Waals surface area contributed by atoms with Crippen molar-refractivity contribution in [2.24, 2.45) is 0 Å². The van der Waals surface area contributed by atoms with E-state index in [1.165, 1.54) is 17.5 Å². The van der Waals surface area contributed by atoms with E-state index >= 15 is 0 Å². The van der Waals surface area contributed by atoms with Gasteiger partial charge in [0.2, 0.25) is 0 Å². The van der Waals surface area contributed by atoms with Gasteiger partial charge in [-0.3, -0.25) is 4.79 Å². The van der Waals surface area contributed by atoms with Crippen molar-refractivity contribution in [1.29, 1.82) is 0 Å². The van der Waals surface area contributed by atoms with Crippen LogP contribution in [0.3, 0.4) is 0 Å². The number of halogens is 1. The predicted octanol–water partition coefficient (Wildman–Crippen LogP) is 2.30. The van der Waals surface area contributed by atoms with E-state index in [9.17, 15) is 4.79 Å². The second kappa shape index (κ2) is 5.54. The van der Waals surface area contributed by atoms with Gasteiger partial charge in [0.1, 0.15) is 5.02 Å². The quantitative estimate of drug-likeness (QED) is 0.814. The van der Waals surface area contributed by atoms with Crippen LogP contribution in [0.4, 0.5) is 5.69 Å². The molecule has 4 nitrogen and oxygen atoms in total. The highest BCUT2D eigenvalue weighted by molar-refractivity contribution is 6.33. The van der Waals surface area contributed by atoms with Gasteiger partial charge in [0.15, 0.2) is 0 Å². The van der Waals surface area contributed by atoms with Crippen LogP contribution in [-0.4, -0.2) is 22.9 Å². The molecule has 0 saturated carbocycles. The van der Waals surface area contributed by atoms with E-state index < -0.39 is 0 Å². The second-order valence-electron chi connectivity index (χ2n) is 4.37. The number of hydrogen-bond acceptors (Lipinski definition) is 3. The molecule has 1 aliphatic rings. The van der Waals surface area contributed by atoms with E-state index in [4.69, 9.17) is 11.6 Å². The van der Waals surface area contributed by atoms with Crippen molar-refractivity contribution < 1.29 is 0 Å². The fraction of sp³-hybridized carbons (Fsp3) is 0.667. The molecule has 1 fully saturated rings. The van der Waals surface area contributed by atoms with Crippen LogP contribution < -0.4 is 10.5 Å². The number of nitrogens with zero attached hydrogens (tertiary/aromatic N) is 3. The lowest BCUT2D eigenvalue weighted by Crippen LogP contribution is -2.29. The number of aromatic nitrogens is 2. The van der Waals surface area contributed by atoms with Gasteiger partial charge >= 0.3 is 0 Å². The number of hydrogen-bond donors (Lipinski definition) is 0. The number of rotatable bonds is 2. The summed E-state index contributed by atoms with van der Waals surface area (Å²) in [5.74, 6) is 0. The summed E-state index contributed by atoms with van der Waals surface area (Å²) in [7, 11) is 0. The van der Waals surface area contributed by atoms with Crippen molar-refractivity contribution in [3.8, 4) is 0 Å². The maximum atomic E-state index is 11.9. The van der Waals surface area contributed by atoms with Gasteiger partial charge in [-0.1, -0.05) is 24.4 Å². The van der Waals surface area contributed by atoms with Crippen molar-refractivity contribution in [3.05, 3.63) is 21.6 Å². The van der Waals surface area contributed by atoms with E-state index in [0.717, 1.165) is 31.6 Å². The summed E-state index contributed by atoms with van der Waals surface area (Å²) >= 11 is 6.15. The molecule has 1 aromatic heterocycles. The largest absolute Gasteiger partial charge is 0.369 e. The zero-order valence-electron chi connectivity index (χ0n) is 10.2. The Labute approximate surface area is 106 Å². The Kier molecular flexibility index (Phi) is 4.05. The van der Waals surface area contributed by atoms with Gasteiger partial charge in [-0.05, 0) is 19.8 Å². The van der Waals surface area contributed by atoms with E-state index in [1.54, 1.807) is 6.20 Å². The minimum absolute atomic E-state index is 0.184. The SMILES string of the molecule is CCn1ncc(N2CCCCCC2)c(Cl)c1=O. The highest BCUT2D eigenvalue weighted by Crippen LogP contribution is 2.23. The lowest BCUT2D eigenvalue weighted by molar-refractivity contribution is 0.613. The van der Waals surface area contributed by atoms with Crippen LogP contribution in [0.15, 0.2) is 11.0 Å². The van der Waals surface area contributed by atoms with Gasteiger partial charge in [-0.25, -0.2) is 4.68 Å². The molecule has 0 spiro atoms. The summed E-state index contributed by atoms with van der Waals surface area (Å²) in [6.07, 6.45) is 6.56. The molecule has 1 aliphatic heterocycles. The van der Waals surface area contributed by atoms with E-state index in [2.05, 4.69) is 10.00 Å². The van der Waals surface area contributed by atoms with E-state index in [-0.39, 0.29) is 5.56 Å². The third-order valence-corrected chi connectivity index (χ3v) is 3.57. The summed E-state index contributed by atoms with van der Waals surface area (Å²) in [6.45, 7) is 4.38. The average molecular weight is 256 g/mol. The zero-order valence-corrected chi connectivity index (χ0v) is 10.9. The third kappa shape index (κ3) is 2.63. The molecule has 1 saturated heterocycles. The van der Waals surface area contributed by atoms with Gasteiger partial charge in [-0.15, -0.1) is 0 Å². The summed E-state index contributed by atoms with van der Waals surface area (Å²) in [5.41, 5.74) is 0.610. The Balaban J connectivity index is 2.31. The Morgan fingerprint density at radius 3 is 2.53 bits per heavy atom. The van der Waals surface area contributed by atoms with Gasteiger partial charge in [0.05, 0.1) is 11.9 Å². The maximum absolute atomic E-state index is 11.9. The average Bonchev–Trinajstić information content (AvgIpc) is 2.61. The Hall–Kier alpha value is -1.03. The van der Waals surface area contributed by atoms with Crippen molar-refractivity contribution >= 4 is 17.3 Å². The molecule has 2 heterocycles. The van der Waals surface area contributed by atoms with Crippen molar-refractivity contribution in [3.63, 3.8) is 0 Å². The first-order chi connectivity index (χ1) is 8.24. The molecule has 0 radical (unpaired) electrons. The summed E-state index contributed by atoms with van der Waals surface area (Å²) < 4.78 is 1.39. The lowest BCUT2D eigenvalue weighted by atomic mass is 10.2. The summed E-state index contributed by atoms with van der Waals surface area (Å²) in [5, 5.41) is 4.45. The molecule has 17 heavy (non-hydrogen) atoms. The molecular formula is C12H18ClN3O. The molecule has 0 aliphatic carbocycles. The lowest BCUT2D eigenvalue weighted by Gasteiger charge is -2.23. The van der Waals surface area contributed by atoms with Crippen LogP contribution in [0, 0.1) is 0 Å². The molecule has 5 heteroatoms. The van der Waals surface area contributed by atoms with Gasteiger partial charge in [-0.2, -0.15) is 5.10 Å². The first-order valence-electron chi connectivity index (χ1n) is 6.24. The monoisotopic (exact) mass is 255 g/mol. The highest BCUT2D eigenvalue weighted by Gasteiger charge is 2.16. The summed E-state index contributed by atoms with van der Waals surface area (Å²) in [6, 6.07) is 0. The molecule has 0 unspecified atom stereocenters. The van der Waals surface area contributed by atoms with Crippen LogP contribution in [0.2, 0.25) is 5.02 Å². The standard InChI is InChI=1S/C12H18ClN3O/c1-2-16-12(17)11(13)10(9-14-16)15-7-5-3-4-6-8-15/h9H,2-8H2,1H3. The molecular weight excluding hydrogens is 238 g/mol. The Morgan fingerprint density at radius 2 is 1.94 bits per heavy atom. The molecule has 0 amide bonds. The van der Waals surface area contributed by atoms with Gasteiger partial charge < -0.3 is 4.90 Å². The van der Waals surface area contributed by atoms with Crippen LogP contribution in [0.1, 0.15) is 32.6 Å². The Bertz CT molecular complexity index is 436. The molecule has 0 aromatic carbocycles. The normalized spacial score (nSPS) is 16.9. The Morgan fingerprint density at radius 1 is 1.29 bits per heavy atom. The molecule has 1 aromatic rings. The maximum Gasteiger partial charge on any atom is 0.287 e. The number of aryl methyl sites for hydroxylation is 1. The molecule has 94 valence electrons. The number of anilines is 1. The van der Waals surface area contributed by atoms with Gasteiger partial charge in [0, 0.05) is 19.6 Å². The fourth-order valence-electron chi connectivity index (χ4n) is 2.21. The van der Waals surface area contributed by atoms with Crippen molar-refractivity contribution in [1.82, 2.24) is 9.78 Å². The zero-order chi connectivity index (χ0) is 12.3. The minimum Gasteiger partial charge on any atom is -0.369 e. The smallest absolute Gasteiger partial charge is 0.287 e. The van der Waals surface area contributed by atoms with Crippen LogP contribution in [0.5, 0.6) is 0 Å². The van der Waals surface area contributed by atoms with Crippen LogP contribution in [0.25, 0.3) is 0 Å². The molecule has 0 atom stereocenters. The fourth-order valence-corrected chi connectivity index (χ4v) is 2.48. The highest BCUT2D eigenvalue weighted by atomic mass is 35.5. The van der Waals surface area contributed by atoms with Crippen LogP contribution >= 0.6 is 11.6 Å². The molecule has 0 bridgehead atoms. The third-order valence-electron chi connectivity index (χ3n) is 3.21. The van der Waals surface area contributed by atoms with Crippen molar-refractivity contribution in [2.45, 2.75) is 39.2 Å². The first-order valence-corrected chi connectivity index (χ1v) is 6.62.